The van der Waals surface area contributed by atoms with E-state index < -0.39 is 5.97 Å². The van der Waals surface area contributed by atoms with E-state index in [1.807, 2.05) is 24.3 Å². The standard InChI is InChI=1S/C23H23NO3S/c25-22-19(13-15-7-3-1-2-6-12-28-14-15)24-21-17-9-5-4-8-16(17)10-11-18(21)20(22)23(26)27/h1-3,6,10-11,14,25H,4-5,7-9,12-13H2,(H,26,27)/b3-1-,6-2-,15-14+. The van der Waals surface area contributed by atoms with Crippen molar-refractivity contribution in [1.29, 1.82) is 0 Å². The zero-order valence-corrected chi connectivity index (χ0v) is 16.5. The van der Waals surface area contributed by atoms with Crippen LogP contribution in [0, 0.1) is 0 Å². The zero-order valence-electron chi connectivity index (χ0n) is 15.6. The van der Waals surface area contributed by atoms with Gasteiger partial charge in [0, 0.05) is 17.6 Å². The molecule has 2 N–H and O–H groups in total. The van der Waals surface area contributed by atoms with Gasteiger partial charge in [-0.3, -0.25) is 0 Å². The summed E-state index contributed by atoms with van der Waals surface area (Å²) >= 11 is 1.70. The van der Waals surface area contributed by atoms with Crippen LogP contribution < -0.4 is 0 Å². The van der Waals surface area contributed by atoms with Crippen molar-refractivity contribution >= 4 is 28.6 Å². The van der Waals surface area contributed by atoms with Gasteiger partial charge in [-0.2, -0.15) is 0 Å². The minimum Gasteiger partial charge on any atom is -0.505 e. The van der Waals surface area contributed by atoms with E-state index in [0.29, 0.717) is 17.5 Å². The number of aromatic carboxylic acids is 1. The first-order chi connectivity index (χ1) is 13.6. The number of aromatic hydroxyl groups is 1. The molecule has 2 heterocycles. The van der Waals surface area contributed by atoms with E-state index in [2.05, 4.69) is 17.6 Å². The van der Waals surface area contributed by atoms with Crippen LogP contribution in [-0.4, -0.2) is 26.9 Å². The van der Waals surface area contributed by atoms with E-state index >= 15 is 0 Å². The van der Waals surface area contributed by atoms with E-state index in [1.165, 1.54) is 5.56 Å². The molecule has 0 radical (unpaired) electrons. The third kappa shape index (κ3) is 3.72. The van der Waals surface area contributed by atoms with E-state index in [1.54, 1.807) is 11.8 Å². The number of aryl methyl sites for hydroxylation is 2. The molecule has 0 spiro atoms. The Labute approximate surface area is 168 Å². The average molecular weight is 394 g/mol. The molecule has 0 saturated carbocycles. The summed E-state index contributed by atoms with van der Waals surface area (Å²) in [5.74, 6) is -0.425. The predicted molar refractivity (Wildman–Crippen MR) is 114 cm³/mol. The zero-order chi connectivity index (χ0) is 19.5. The molecule has 2 aliphatic rings. The molecule has 1 aliphatic carbocycles. The van der Waals surface area contributed by atoms with E-state index in [-0.39, 0.29) is 11.3 Å². The van der Waals surface area contributed by atoms with Gasteiger partial charge in [0.05, 0.1) is 11.2 Å². The second-order valence-electron chi connectivity index (χ2n) is 7.24. The summed E-state index contributed by atoms with van der Waals surface area (Å²) in [7, 11) is 0. The van der Waals surface area contributed by atoms with Gasteiger partial charge < -0.3 is 10.2 Å². The summed E-state index contributed by atoms with van der Waals surface area (Å²) in [5.41, 5.74) is 4.70. The number of thioether (sulfide) groups is 1. The Bertz CT molecular complexity index is 1020. The topological polar surface area (TPSA) is 70.4 Å². The van der Waals surface area contributed by atoms with Gasteiger partial charge in [-0.05, 0) is 48.6 Å². The van der Waals surface area contributed by atoms with Gasteiger partial charge in [-0.15, -0.1) is 11.8 Å². The molecule has 144 valence electrons. The number of aromatic nitrogens is 1. The van der Waals surface area contributed by atoms with Crippen LogP contribution in [0.1, 0.15) is 46.4 Å². The normalized spacial score (nSPS) is 20.9. The van der Waals surface area contributed by atoms with Crippen molar-refractivity contribution in [2.45, 2.75) is 38.5 Å². The summed E-state index contributed by atoms with van der Waals surface area (Å²) in [6.45, 7) is 0. The number of carboxylic acid groups (broad SMARTS) is 1. The second-order valence-corrected chi connectivity index (χ2v) is 8.14. The van der Waals surface area contributed by atoms with Gasteiger partial charge in [0.1, 0.15) is 5.56 Å². The summed E-state index contributed by atoms with van der Waals surface area (Å²) in [4.78, 5) is 16.8. The molecule has 2 aromatic rings. The molecular weight excluding hydrogens is 370 g/mol. The lowest BCUT2D eigenvalue weighted by atomic mass is 9.88. The minimum absolute atomic E-state index is 0.0260. The molecule has 5 heteroatoms. The fourth-order valence-corrected chi connectivity index (χ4v) is 4.70. The number of hydrogen-bond donors (Lipinski definition) is 2. The molecule has 4 rings (SSSR count). The largest absolute Gasteiger partial charge is 0.505 e. The maximum absolute atomic E-state index is 12.0. The fraction of sp³-hybridized carbons (Fsp3) is 0.304. The molecule has 1 aromatic carbocycles. The summed E-state index contributed by atoms with van der Waals surface area (Å²) in [6, 6.07) is 3.81. The maximum Gasteiger partial charge on any atom is 0.340 e. The number of carboxylic acids is 1. The Balaban J connectivity index is 1.83. The highest BCUT2D eigenvalue weighted by atomic mass is 32.2. The number of allylic oxidation sites excluding steroid dienone is 4. The Morgan fingerprint density at radius 1 is 1.14 bits per heavy atom. The highest BCUT2D eigenvalue weighted by Crippen LogP contribution is 2.36. The number of nitrogens with zero attached hydrogens (tertiary/aromatic N) is 1. The first kappa shape index (κ1) is 18.8. The number of rotatable bonds is 3. The Morgan fingerprint density at radius 3 is 2.82 bits per heavy atom. The predicted octanol–water partition coefficient (Wildman–Crippen LogP) is 5.19. The molecular formula is C23H23NO3S. The molecule has 1 aromatic heterocycles. The molecule has 0 atom stereocenters. The third-order valence-corrected chi connectivity index (χ3v) is 6.23. The lowest BCUT2D eigenvalue weighted by molar-refractivity contribution is 0.0695. The summed E-state index contributed by atoms with van der Waals surface area (Å²) in [5, 5.41) is 23.2. The molecule has 0 unspecified atom stereocenters. The van der Waals surface area contributed by atoms with Crippen LogP contribution in [-0.2, 0) is 19.3 Å². The van der Waals surface area contributed by atoms with E-state index in [0.717, 1.165) is 54.5 Å². The van der Waals surface area contributed by atoms with Crippen LogP contribution >= 0.6 is 11.8 Å². The Morgan fingerprint density at radius 2 is 1.96 bits per heavy atom. The van der Waals surface area contributed by atoms with Crippen molar-refractivity contribution in [2.24, 2.45) is 0 Å². The number of benzene rings is 1. The van der Waals surface area contributed by atoms with Crippen LogP contribution in [0.15, 0.2) is 47.4 Å². The second kappa shape index (κ2) is 8.23. The van der Waals surface area contributed by atoms with Crippen molar-refractivity contribution in [2.75, 3.05) is 5.75 Å². The van der Waals surface area contributed by atoms with Crippen molar-refractivity contribution < 1.29 is 15.0 Å². The minimum atomic E-state index is -1.11. The molecule has 0 fully saturated rings. The fourth-order valence-electron chi connectivity index (χ4n) is 3.97. The molecule has 28 heavy (non-hydrogen) atoms. The van der Waals surface area contributed by atoms with Gasteiger partial charge in [-0.25, -0.2) is 9.78 Å². The van der Waals surface area contributed by atoms with Crippen LogP contribution in [0.25, 0.3) is 10.9 Å². The van der Waals surface area contributed by atoms with Crippen LogP contribution in [0.3, 0.4) is 0 Å². The molecule has 1 aliphatic heterocycles. The first-order valence-corrected chi connectivity index (χ1v) is 10.7. The van der Waals surface area contributed by atoms with Gasteiger partial charge in [0.2, 0.25) is 0 Å². The maximum atomic E-state index is 12.0. The number of hydrogen-bond acceptors (Lipinski definition) is 4. The van der Waals surface area contributed by atoms with Crippen molar-refractivity contribution in [3.8, 4) is 5.75 Å². The van der Waals surface area contributed by atoms with Gasteiger partial charge in [0.25, 0.3) is 0 Å². The van der Waals surface area contributed by atoms with E-state index in [4.69, 9.17) is 4.98 Å². The number of pyridine rings is 1. The van der Waals surface area contributed by atoms with Gasteiger partial charge >= 0.3 is 5.97 Å². The molecule has 4 nitrogen and oxygen atoms in total. The van der Waals surface area contributed by atoms with Crippen molar-refractivity contribution in [1.82, 2.24) is 4.98 Å². The van der Waals surface area contributed by atoms with Crippen LogP contribution in [0.2, 0.25) is 0 Å². The van der Waals surface area contributed by atoms with Crippen molar-refractivity contribution in [3.63, 3.8) is 0 Å². The summed E-state index contributed by atoms with van der Waals surface area (Å²) < 4.78 is 0. The van der Waals surface area contributed by atoms with Crippen LogP contribution in [0.4, 0.5) is 0 Å². The molecule has 0 saturated heterocycles. The highest BCUT2D eigenvalue weighted by Gasteiger charge is 2.23. The highest BCUT2D eigenvalue weighted by molar-refractivity contribution is 8.02. The SMILES string of the molecule is O=C(O)c1c(O)c(C/C2=C/SC/C=C\C=C/C2)nc2c3c(ccc12)CCCC3. The van der Waals surface area contributed by atoms with Crippen LogP contribution in [0.5, 0.6) is 5.75 Å². The van der Waals surface area contributed by atoms with E-state index in [9.17, 15) is 15.0 Å². The summed E-state index contributed by atoms with van der Waals surface area (Å²) in [6.07, 6.45) is 13.6. The number of fused-ring (bicyclic) bond motifs is 3. The number of carbonyl (C=O) groups is 1. The quantitative estimate of drug-likeness (QED) is 0.751. The Hall–Kier alpha value is -2.53. The molecule has 0 bridgehead atoms. The van der Waals surface area contributed by atoms with Gasteiger partial charge in [-0.1, -0.05) is 42.0 Å². The third-order valence-electron chi connectivity index (χ3n) is 5.34. The smallest absolute Gasteiger partial charge is 0.340 e. The Kier molecular flexibility index (Phi) is 5.53. The lowest BCUT2D eigenvalue weighted by Gasteiger charge is -2.19. The van der Waals surface area contributed by atoms with Crippen molar-refractivity contribution in [3.05, 3.63) is 69.8 Å². The first-order valence-electron chi connectivity index (χ1n) is 9.66. The lowest BCUT2D eigenvalue weighted by Crippen LogP contribution is -2.09. The van der Waals surface area contributed by atoms with Gasteiger partial charge in [0.15, 0.2) is 5.75 Å². The average Bonchev–Trinajstić information content (AvgIpc) is 2.82. The molecule has 0 amide bonds. The monoisotopic (exact) mass is 393 g/mol.